The Labute approximate surface area is 105 Å². The Hall–Kier alpha value is -0.420. The first-order valence-electron chi connectivity index (χ1n) is 5.57. The van der Waals surface area contributed by atoms with Crippen molar-refractivity contribution in [1.29, 1.82) is 0 Å². The van der Waals surface area contributed by atoms with Crippen molar-refractivity contribution in [3.8, 4) is 0 Å². The van der Waals surface area contributed by atoms with Gasteiger partial charge in [-0.05, 0) is 24.1 Å². The molecule has 0 spiro atoms. The van der Waals surface area contributed by atoms with E-state index < -0.39 is 0 Å². The SMILES string of the molecule is Cc1cc(CNN2CCOCC2)ccc1Br. The summed E-state index contributed by atoms with van der Waals surface area (Å²) in [5, 5.41) is 2.22. The van der Waals surface area contributed by atoms with Gasteiger partial charge in [0.1, 0.15) is 0 Å². The summed E-state index contributed by atoms with van der Waals surface area (Å²) in [5.41, 5.74) is 6.01. The van der Waals surface area contributed by atoms with E-state index in [1.165, 1.54) is 15.6 Å². The number of nitrogens with zero attached hydrogens (tertiary/aromatic N) is 1. The predicted molar refractivity (Wildman–Crippen MR) is 68.1 cm³/mol. The van der Waals surface area contributed by atoms with E-state index in [0.29, 0.717) is 0 Å². The minimum atomic E-state index is 0.826. The van der Waals surface area contributed by atoms with Crippen molar-refractivity contribution in [3.05, 3.63) is 33.8 Å². The third-order valence-corrected chi connectivity index (χ3v) is 3.63. The Bertz CT molecular complexity index is 351. The highest BCUT2D eigenvalue weighted by Crippen LogP contribution is 2.16. The number of nitrogens with one attached hydrogen (secondary N) is 1. The molecule has 3 nitrogen and oxygen atoms in total. The largest absolute Gasteiger partial charge is 0.379 e. The second-order valence-corrected chi connectivity index (χ2v) is 4.87. The first-order valence-corrected chi connectivity index (χ1v) is 6.36. The van der Waals surface area contributed by atoms with E-state index >= 15 is 0 Å². The van der Waals surface area contributed by atoms with Crippen LogP contribution >= 0.6 is 15.9 Å². The van der Waals surface area contributed by atoms with E-state index in [-0.39, 0.29) is 0 Å². The van der Waals surface area contributed by atoms with E-state index in [1.807, 2.05) is 0 Å². The molecular weight excluding hydrogens is 268 g/mol. The molecule has 0 amide bonds. The summed E-state index contributed by atoms with van der Waals surface area (Å²) in [7, 11) is 0. The lowest BCUT2D eigenvalue weighted by atomic mass is 10.1. The number of hydrogen-bond acceptors (Lipinski definition) is 3. The zero-order valence-electron chi connectivity index (χ0n) is 9.50. The van der Waals surface area contributed by atoms with Gasteiger partial charge in [-0.2, -0.15) is 0 Å². The first kappa shape index (κ1) is 12.0. The second-order valence-electron chi connectivity index (χ2n) is 4.02. The van der Waals surface area contributed by atoms with E-state index in [0.717, 1.165) is 32.8 Å². The molecule has 1 N–H and O–H groups in total. The summed E-state index contributed by atoms with van der Waals surface area (Å²) >= 11 is 3.51. The van der Waals surface area contributed by atoms with Crippen LogP contribution in [-0.2, 0) is 11.3 Å². The quantitative estimate of drug-likeness (QED) is 0.920. The number of halogens is 1. The molecule has 1 fully saturated rings. The molecule has 88 valence electrons. The fraction of sp³-hybridized carbons (Fsp3) is 0.500. The van der Waals surface area contributed by atoms with Gasteiger partial charge in [-0.25, -0.2) is 5.01 Å². The van der Waals surface area contributed by atoms with Crippen molar-refractivity contribution >= 4 is 15.9 Å². The van der Waals surface area contributed by atoms with E-state index in [9.17, 15) is 0 Å². The molecule has 1 heterocycles. The molecule has 0 bridgehead atoms. The molecule has 0 saturated carbocycles. The maximum atomic E-state index is 5.30. The Morgan fingerprint density at radius 3 is 2.81 bits per heavy atom. The molecule has 4 heteroatoms. The minimum Gasteiger partial charge on any atom is -0.379 e. The third-order valence-electron chi connectivity index (χ3n) is 2.74. The van der Waals surface area contributed by atoms with Gasteiger partial charge < -0.3 is 4.74 Å². The average molecular weight is 285 g/mol. The maximum Gasteiger partial charge on any atom is 0.0608 e. The molecule has 0 unspecified atom stereocenters. The van der Waals surface area contributed by atoms with Crippen LogP contribution in [-0.4, -0.2) is 31.3 Å². The average Bonchev–Trinajstić information content (AvgIpc) is 2.32. The lowest BCUT2D eigenvalue weighted by Gasteiger charge is -2.27. The topological polar surface area (TPSA) is 24.5 Å². The highest BCUT2D eigenvalue weighted by atomic mass is 79.9. The Morgan fingerprint density at radius 1 is 1.38 bits per heavy atom. The Kier molecular flexibility index (Phi) is 4.35. The molecule has 0 atom stereocenters. The summed E-state index contributed by atoms with van der Waals surface area (Å²) in [4.78, 5) is 0. The lowest BCUT2D eigenvalue weighted by Crippen LogP contribution is -2.45. The molecular formula is C12H17BrN2O. The molecule has 0 radical (unpaired) electrons. The second kappa shape index (κ2) is 5.77. The van der Waals surface area contributed by atoms with Gasteiger partial charge >= 0.3 is 0 Å². The van der Waals surface area contributed by atoms with Crippen molar-refractivity contribution in [2.45, 2.75) is 13.5 Å². The van der Waals surface area contributed by atoms with Gasteiger partial charge in [0.2, 0.25) is 0 Å². The molecule has 0 aliphatic carbocycles. The Balaban J connectivity index is 1.86. The van der Waals surface area contributed by atoms with E-state index in [4.69, 9.17) is 4.74 Å². The molecule has 1 saturated heterocycles. The Morgan fingerprint density at radius 2 is 2.12 bits per heavy atom. The van der Waals surface area contributed by atoms with Crippen LogP contribution in [0.4, 0.5) is 0 Å². The van der Waals surface area contributed by atoms with Crippen LogP contribution in [0.5, 0.6) is 0 Å². The standard InChI is InChI=1S/C12H17BrN2O/c1-10-8-11(2-3-12(10)13)9-14-15-4-6-16-7-5-15/h2-3,8,14H,4-7,9H2,1H3. The summed E-state index contributed by atoms with van der Waals surface area (Å²) in [6.45, 7) is 6.58. The van der Waals surface area contributed by atoms with Gasteiger partial charge in [-0.3, -0.25) is 5.43 Å². The van der Waals surface area contributed by atoms with Crippen LogP contribution in [0, 0.1) is 6.92 Å². The van der Waals surface area contributed by atoms with Crippen molar-refractivity contribution in [2.75, 3.05) is 26.3 Å². The molecule has 1 aromatic rings. The van der Waals surface area contributed by atoms with Gasteiger partial charge in [-0.1, -0.05) is 28.1 Å². The molecule has 1 aliphatic heterocycles. The lowest BCUT2D eigenvalue weighted by molar-refractivity contribution is 0.0106. The van der Waals surface area contributed by atoms with Crippen LogP contribution in [0.25, 0.3) is 0 Å². The normalized spacial score (nSPS) is 17.6. The number of aryl methyl sites for hydroxylation is 1. The van der Waals surface area contributed by atoms with Gasteiger partial charge in [0.15, 0.2) is 0 Å². The molecule has 1 aromatic carbocycles. The van der Waals surface area contributed by atoms with Crippen LogP contribution in [0.15, 0.2) is 22.7 Å². The van der Waals surface area contributed by atoms with Gasteiger partial charge in [0, 0.05) is 24.1 Å². The number of ether oxygens (including phenoxy) is 1. The number of benzene rings is 1. The molecule has 0 aromatic heterocycles. The van der Waals surface area contributed by atoms with Crippen LogP contribution in [0.3, 0.4) is 0 Å². The smallest absolute Gasteiger partial charge is 0.0608 e. The fourth-order valence-electron chi connectivity index (χ4n) is 1.74. The number of hydrazine groups is 1. The molecule has 16 heavy (non-hydrogen) atoms. The minimum absolute atomic E-state index is 0.826. The summed E-state index contributed by atoms with van der Waals surface area (Å²) in [5.74, 6) is 0. The highest BCUT2D eigenvalue weighted by Gasteiger charge is 2.09. The van der Waals surface area contributed by atoms with Crippen molar-refractivity contribution in [2.24, 2.45) is 0 Å². The van der Waals surface area contributed by atoms with Crippen molar-refractivity contribution < 1.29 is 4.74 Å². The molecule has 2 rings (SSSR count). The van der Waals surface area contributed by atoms with Crippen molar-refractivity contribution in [3.63, 3.8) is 0 Å². The van der Waals surface area contributed by atoms with Gasteiger partial charge in [0.05, 0.1) is 13.2 Å². The van der Waals surface area contributed by atoms with Crippen LogP contribution < -0.4 is 5.43 Å². The van der Waals surface area contributed by atoms with Crippen molar-refractivity contribution in [1.82, 2.24) is 10.4 Å². The predicted octanol–water partition coefficient (Wildman–Crippen LogP) is 2.09. The number of hydrogen-bond donors (Lipinski definition) is 1. The number of rotatable bonds is 3. The zero-order chi connectivity index (χ0) is 11.4. The molecule has 1 aliphatic rings. The maximum absolute atomic E-state index is 5.30. The van der Waals surface area contributed by atoms with Crippen LogP contribution in [0.1, 0.15) is 11.1 Å². The first-order chi connectivity index (χ1) is 7.75. The summed E-state index contributed by atoms with van der Waals surface area (Å²) < 4.78 is 6.47. The van der Waals surface area contributed by atoms with Gasteiger partial charge in [0.25, 0.3) is 0 Å². The zero-order valence-corrected chi connectivity index (χ0v) is 11.1. The third kappa shape index (κ3) is 3.28. The van der Waals surface area contributed by atoms with E-state index in [1.54, 1.807) is 0 Å². The monoisotopic (exact) mass is 284 g/mol. The fourth-order valence-corrected chi connectivity index (χ4v) is 1.99. The highest BCUT2D eigenvalue weighted by molar-refractivity contribution is 9.10. The summed E-state index contributed by atoms with van der Waals surface area (Å²) in [6, 6.07) is 6.45. The van der Waals surface area contributed by atoms with Gasteiger partial charge in [-0.15, -0.1) is 0 Å². The van der Waals surface area contributed by atoms with Crippen LogP contribution in [0.2, 0.25) is 0 Å². The van der Waals surface area contributed by atoms with E-state index in [2.05, 4.69) is 51.5 Å². The summed E-state index contributed by atoms with van der Waals surface area (Å²) in [6.07, 6.45) is 0. The number of morpholine rings is 1.